The monoisotopic (exact) mass is 411 g/mol. The molecule has 0 spiro atoms. The van der Waals surface area contributed by atoms with Gasteiger partial charge in [-0.1, -0.05) is 12.1 Å². The van der Waals surface area contributed by atoms with Crippen LogP contribution in [0.5, 0.6) is 17.2 Å². The second-order valence-electron chi connectivity index (χ2n) is 8.97. The van der Waals surface area contributed by atoms with E-state index in [4.69, 9.17) is 14.2 Å². The molecule has 3 rings (SSSR count). The molecule has 2 aromatic rings. The summed E-state index contributed by atoms with van der Waals surface area (Å²) >= 11 is 0. The van der Waals surface area contributed by atoms with Crippen LogP contribution in [-0.2, 0) is 17.6 Å². The summed E-state index contributed by atoms with van der Waals surface area (Å²) in [5.41, 5.74) is 3.20. The fourth-order valence-electron chi connectivity index (χ4n) is 3.80. The summed E-state index contributed by atoms with van der Waals surface area (Å²) in [4.78, 5) is 14.8. The summed E-state index contributed by atoms with van der Waals surface area (Å²) in [6, 6.07) is 12.6. The maximum absolute atomic E-state index is 12.4. The number of fused-ring (bicyclic) bond motifs is 1. The molecule has 1 atom stereocenters. The number of carbonyl (C=O) groups is 1. The standard InChI is InChI=1S/C25H33NO4/c1-25(2,3)24(27)30-23-15-18-13-14-26(4)21(20(18)16-22(23)29-6)12-9-17-7-10-19(28-5)11-8-17/h7-8,10-11,15-16,21H,9,12-14H2,1-6H3/t21-/m0/s1. The zero-order valence-corrected chi connectivity index (χ0v) is 19.0. The molecule has 162 valence electrons. The van der Waals surface area contributed by atoms with Gasteiger partial charge in [-0.05, 0) is 88.0 Å². The quantitative estimate of drug-likeness (QED) is 0.504. The summed E-state index contributed by atoms with van der Waals surface area (Å²) in [5.74, 6) is 1.73. The average Bonchev–Trinajstić information content (AvgIpc) is 2.72. The van der Waals surface area contributed by atoms with Crippen molar-refractivity contribution in [2.24, 2.45) is 5.41 Å². The highest BCUT2D eigenvalue weighted by Crippen LogP contribution is 2.40. The van der Waals surface area contributed by atoms with E-state index in [1.165, 1.54) is 16.7 Å². The third kappa shape index (κ3) is 4.96. The molecule has 0 saturated carbocycles. The first-order chi connectivity index (χ1) is 14.2. The molecule has 2 aromatic carbocycles. The van der Waals surface area contributed by atoms with Gasteiger partial charge in [0.15, 0.2) is 11.5 Å². The van der Waals surface area contributed by atoms with Gasteiger partial charge in [-0.15, -0.1) is 0 Å². The summed E-state index contributed by atoms with van der Waals surface area (Å²) in [6.45, 7) is 6.53. The van der Waals surface area contributed by atoms with Crippen molar-refractivity contribution in [2.45, 2.75) is 46.1 Å². The SMILES string of the molecule is COc1ccc(CC[C@H]2c3cc(OC)c(OC(=O)C(C)(C)C)cc3CCN2C)cc1. The molecule has 5 nitrogen and oxygen atoms in total. The van der Waals surface area contributed by atoms with Crippen LogP contribution in [0.4, 0.5) is 0 Å². The summed E-state index contributed by atoms with van der Waals surface area (Å²) in [5, 5.41) is 0. The van der Waals surface area contributed by atoms with E-state index in [1.54, 1.807) is 14.2 Å². The minimum absolute atomic E-state index is 0.260. The molecule has 0 N–H and O–H groups in total. The number of likely N-dealkylation sites (N-methyl/N-ethyl adjacent to an activating group) is 1. The molecule has 0 aromatic heterocycles. The topological polar surface area (TPSA) is 48.0 Å². The number of benzene rings is 2. The van der Waals surface area contributed by atoms with Crippen LogP contribution in [0, 0.1) is 5.41 Å². The Hall–Kier alpha value is -2.53. The number of aryl methyl sites for hydroxylation is 1. The Bertz CT molecular complexity index is 883. The van der Waals surface area contributed by atoms with Crippen molar-refractivity contribution in [3.63, 3.8) is 0 Å². The fraction of sp³-hybridized carbons (Fsp3) is 0.480. The molecule has 0 unspecified atom stereocenters. The molecule has 0 fully saturated rings. The number of carbonyl (C=O) groups excluding carboxylic acids is 1. The van der Waals surface area contributed by atoms with E-state index in [9.17, 15) is 4.79 Å². The predicted molar refractivity (Wildman–Crippen MR) is 118 cm³/mol. The van der Waals surface area contributed by atoms with Crippen molar-refractivity contribution in [3.8, 4) is 17.2 Å². The van der Waals surface area contributed by atoms with Gasteiger partial charge < -0.3 is 14.2 Å². The zero-order valence-electron chi connectivity index (χ0n) is 19.0. The molecule has 0 radical (unpaired) electrons. The third-order valence-corrected chi connectivity index (χ3v) is 5.73. The van der Waals surface area contributed by atoms with E-state index in [-0.39, 0.29) is 12.0 Å². The van der Waals surface area contributed by atoms with E-state index in [1.807, 2.05) is 39.0 Å². The van der Waals surface area contributed by atoms with Crippen LogP contribution >= 0.6 is 0 Å². The minimum Gasteiger partial charge on any atom is -0.497 e. The molecule has 0 amide bonds. The zero-order chi connectivity index (χ0) is 21.9. The maximum Gasteiger partial charge on any atom is 0.316 e. The summed E-state index contributed by atoms with van der Waals surface area (Å²) in [7, 11) is 5.47. The van der Waals surface area contributed by atoms with Gasteiger partial charge in [0, 0.05) is 12.6 Å². The van der Waals surface area contributed by atoms with E-state index in [0.29, 0.717) is 11.5 Å². The predicted octanol–water partition coefficient (Wildman–Crippen LogP) is 4.82. The van der Waals surface area contributed by atoms with E-state index in [2.05, 4.69) is 30.1 Å². The highest BCUT2D eigenvalue weighted by molar-refractivity contribution is 5.78. The molecule has 30 heavy (non-hydrogen) atoms. The second kappa shape index (κ2) is 9.09. The van der Waals surface area contributed by atoms with Crippen molar-refractivity contribution >= 4 is 5.97 Å². The lowest BCUT2D eigenvalue weighted by molar-refractivity contribution is -0.143. The Morgan fingerprint density at radius 2 is 1.77 bits per heavy atom. The second-order valence-corrected chi connectivity index (χ2v) is 8.97. The normalized spacial score (nSPS) is 16.7. The van der Waals surface area contributed by atoms with E-state index in [0.717, 1.165) is 31.6 Å². The number of hydrogen-bond donors (Lipinski definition) is 0. The first-order valence-corrected chi connectivity index (χ1v) is 10.5. The smallest absolute Gasteiger partial charge is 0.316 e. The molecule has 1 aliphatic heterocycles. The van der Waals surface area contributed by atoms with Gasteiger partial charge in [0.05, 0.1) is 19.6 Å². The van der Waals surface area contributed by atoms with Gasteiger partial charge in [-0.2, -0.15) is 0 Å². The molecule has 1 aliphatic rings. The van der Waals surface area contributed by atoms with Crippen molar-refractivity contribution in [2.75, 3.05) is 27.8 Å². The summed E-state index contributed by atoms with van der Waals surface area (Å²) < 4.78 is 16.5. The van der Waals surface area contributed by atoms with Crippen LogP contribution in [0.1, 0.15) is 49.9 Å². The number of nitrogens with zero attached hydrogens (tertiary/aromatic N) is 1. The van der Waals surface area contributed by atoms with Crippen LogP contribution in [0.2, 0.25) is 0 Å². The Morgan fingerprint density at radius 1 is 1.07 bits per heavy atom. The van der Waals surface area contributed by atoms with Crippen molar-refractivity contribution in [1.29, 1.82) is 0 Å². The van der Waals surface area contributed by atoms with Crippen molar-refractivity contribution < 1.29 is 19.0 Å². The molecular formula is C25H33NO4. The number of rotatable bonds is 6. The maximum atomic E-state index is 12.4. The molecule has 5 heteroatoms. The van der Waals surface area contributed by atoms with Gasteiger partial charge in [0.2, 0.25) is 0 Å². The molecule has 0 bridgehead atoms. The number of esters is 1. The molecule has 1 heterocycles. The highest BCUT2D eigenvalue weighted by atomic mass is 16.6. The summed E-state index contributed by atoms with van der Waals surface area (Å²) in [6.07, 6.45) is 2.90. The fourth-order valence-corrected chi connectivity index (χ4v) is 3.80. The Balaban J connectivity index is 1.83. The molecule has 0 saturated heterocycles. The largest absolute Gasteiger partial charge is 0.497 e. The van der Waals surface area contributed by atoms with Crippen molar-refractivity contribution in [1.82, 2.24) is 4.90 Å². The Morgan fingerprint density at radius 3 is 2.37 bits per heavy atom. The van der Waals surface area contributed by atoms with Gasteiger partial charge in [-0.3, -0.25) is 9.69 Å². The first kappa shape index (κ1) is 22.2. The Kier molecular flexibility index (Phi) is 6.71. The third-order valence-electron chi connectivity index (χ3n) is 5.73. The van der Waals surface area contributed by atoms with Gasteiger partial charge in [-0.25, -0.2) is 0 Å². The van der Waals surface area contributed by atoms with Gasteiger partial charge in [0.1, 0.15) is 5.75 Å². The highest BCUT2D eigenvalue weighted by Gasteiger charge is 2.29. The first-order valence-electron chi connectivity index (χ1n) is 10.5. The van der Waals surface area contributed by atoms with E-state index < -0.39 is 5.41 Å². The van der Waals surface area contributed by atoms with Crippen molar-refractivity contribution in [3.05, 3.63) is 53.1 Å². The number of ether oxygens (including phenoxy) is 3. The van der Waals surface area contributed by atoms with Gasteiger partial charge in [0.25, 0.3) is 0 Å². The lowest BCUT2D eigenvalue weighted by atomic mass is 9.88. The van der Waals surface area contributed by atoms with Crippen LogP contribution in [0.15, 0.2) is 36.4 Å². The molecular weight excluding hydrogens is 378 g/mol. The lowest BCUT2D eigenvalue weighted by Gasteiger charge is -2.35. The lowest BCUT2D eigenvalue weighted by Crippen LogP contribution is -2.32. The van der Waals surface area contributed by atoms with Crippen LogP contribution in [0.3, 0.4) is 0 Å². The van der Waals surface area contributed by atoms with Crippen LogP contribution in [-0.4, -0.2) is 38.7 Å². The number of hydrogen-bond acceptors (Lipinski definition) is 5. The Labute approximate surface area is 179 Å². The number of methoxy groups -OCH3 is 2. The van der Waals surface area contributed by atoms with E-state index >= 15 is 0 Å². The average molecular weight is 412 g/mol. The molecule has 0 aliphatic carbocycles. The minimum atomic E-state index is -0.567. The van der Waals surface area contributed by atoms with Crippen LogP contribution < -0.4 is 14.2 Å². The van der Waals surface area contributed by atoms with Gasteiger partial charge >= 0.3 is 5.97 Å². The van der Waals surface area contributed by atoms with Crippen LogP contribution in [0.25, 0.3) is 0 Å².